The first-order valence-corrected chi connectivity index (χ1v) is 9.20. The van der Waals surface area contributed by atoms with Gasteiger partial charge in [-0.3, -0.25) is 10.2 Å². The number of carbonyl (C=O) groups is 2. The number of hydrogen-bond donors (Lipinski definition) is 4. The molecule has 0 bridgehead atoms. The molecule has 1 amide bonds. The smallest absolute Gasteiger partial charge is 0.327 e. The second kappa shape index (κ2) is 11.4. The fraction of sp³-hybridized carbons (Fsp3) is 0.316. The highest BCUT2D eigenvalue weighted by atomic mass is 35.5. The largest absolute Gasteiger partial charge is 0.467 e. The lowest BCUT2D eigenvalue weighted by atomic mass is 10.2. The number of methoxy groups -OCH3 is 1. The Bertz CT molecular complexity index is 806. The van der Waals surface area contributed by atoms with Gasteiger partial charge in [0.2, 0.25) is 0 Å². The molecule has 1 aromatic rings. The van der Waals surface area contributed by atoms with E-state index in [2.05, 4.69) is 20.7 Å². The zero-order valence-corrected chi connectivity index (χ0v) is 17.7. The summed E-state index contributed by atoms with van der Waals surface area (Å²) in [6.07, 6.45) is 3.11. The monoisotopic (exact) mass is 426 g/mol. The van der Waals surface area contributed by atoms with Crippen LogP contribution in [0.25, 0.3) is 0 Å². The van der Waals surface area contributed by atoms with Gasteiger partial charge in [0, 0.05) is 12.7 Å². The van der Waals surface area contributed by atoms with Gasteiger partial charge in [-0.1, -0.05) is 29.3 Å². The van der Waals surface area contributed by atoms with Crippen molar-refractivity contribution < 1.29 is 14.3 Å². The second-order valence-electron chi connectivity index (χ2n) is 5.87. The van der Waals surface area contributed by atoms with Crippen LogP contribution in [0.1, 0.15) is 26.3 Å². The van der Waals surface area contributed by atoms with E-state index in [0.29, 0.717) is 28.0 Å². The van der Waals surface area contributed by atoms with E-state index < -0.39 is 17.9 Å². The Morgan fingerprint density at radius 1 is 1.29 bits per heavy atom. The van der Waals surface area contributed by atoms with Crippen LogP contribution in [0.15, 0.2) is 41.9 Å². The zero-order valence-electron chi connectivity index (χ0n) is 16.2. The number of allylic oxidation sites excluding steroid dienone is 1. The van der Waals surface area contributed by atoms with Crippen molar-refractivity contribution in [3.63, 3.8) is 0 Å². The van der Waals surface area contributed by atoms with Crippen molar-refractivity contribution in [2.45, 2.75) is 33.4 Å². The Morgan fingerprint density at radius 3 is 2.54 bits per heavy atom. The molecule has 0 radical (unpaired) electrons. The average Bonchev–Trinajstić information content (AvgIpc) is 2.69. The highest BCUT2D eigenvalue weighted by Crippen LogP contribution is 2.22. The van der Waals surface area contributed by atoms with Crippen LogP contribution < -0.4 is 16.0 Å². The SMILES string of the molecule is CC=C(NCc1ccc(Cl)c(Cl)c1)NC(=O)C(=N)/C(C)=C\NC(C)C(=O)OC. The number of amides is 1. The molecule has 0 aliphatic heterocycles. The minimum Gasteiger partial charge on any atom is -0.467 e. The number of rotatable bonds is 9. The summed E-state index contributed by atoms with van der Waals surface area (Å²) in [5.74, 6) is -0.580. The summed E-state index contributed by atoms with van der Waals surface area (Å²) in [4.78, 5) is 23.6. The van der Waals surface area contributed by atoms with Crippen LogP contribution in [0.2, 0.25) is 10.0 Å². The lowest BCUT2D eigenvalue weighted by Crippen LogP contribution is -2.37. The molecule has 0 aliphatic carbocycles. The fourth-order valence-corrected chi connectivity index (χ4v) is 2.32. The number of halogens is 2. The van der Waals surface area contributed by atoms with Crippen LogP contribution >= 0.6 is 23.2 Å². The first kappa shape index (κ1) is 23.5. The molecule has 9 heteroatoms. The molecule has 0 saturated heterocycles. The Kier molecular flexibility index (Phi) is 9.55. The van der Waals surface area contributed by atoms with Crippen molar-refractivity contribution in [3.8, 4) is 0 Å². The molecule has 7 nitrogen and oxygen atoms in total. The van der Waals surface area contributed by atoms with Crippen molar-refractivity contribution in [3.05, 3.63) is 57.5 Å². The number of ether oxygens (including phenoxy) is 1. The second-order valence-corrected chi connectivity index (χ2v) is 6.69. The first-order valence-electron chi connectivity index (χ1n) is 8.44. The number of carbonyl (C=O) groups excluding carboxylic acids is 2. The van der Waals surface area contributed by atoms with E-state index in [4.69, 9.17) is 28.6 Å². The molecule has 0 aliphatic rings. The van der Waals surface area contributed by atoms with Gasteiger partial charge in [0.05, 0.1) is 17.2 Å². The van der Waals surface area contributed by atoms with Crippen molar-refractivity contribution in [2.75, 3.05) is 7.11 Å². The van der Waals surface area contributed by atoms with Gasteiger partial charge in [-0.25, -0.2) is 4.79 Å². The summed E-state index contributed by atoms with van der Waals surface area (Å²) < 4.78 is 4.60. The van der Waals surface area contributed by atoms with Gasteiger partial charge in [-0.15, -0.1) is 0 Å². The average molecular weight is 427 g/mol. The minimum absolute atomic E-state index is 0.236. The van der Waals surface area contributed by atoms with Crippen LogP contribution in [0.5, 0.6) is 0 Å². The van der Waals surface area contributed by atoms with Gasteiger partial charge in [-0.2, -0.15) is 0 Å². The lowest BCUT2D eigenvalue weighted by Gasteiger charge is -2.14. The van der Waals surface area contributed by atoms with E-state index in [1.54, 1.807) is 39.0 Å². The van der Waals surface area contributed by atoms with Gasteiger partial charge >= 0.3 is 5.97 Å². The summed E-state index contributed by atoms with van der Waals surface area (Å²) in [6.45, 7) is 5.38. The lowest BCUT2D eigenvalue weighted by molar-refractivity contribution is -0.142. The van der Waals surface area contributed by atoms with E-state index in [1.165, 1.54) is 13.3 Å². The molecule has 0 saturated carbocycles. The number of benzene rings is 1. The van der Waals surface area contributed by atoms with Gasteiger partial charge in [-0.05, 0) is 50.1 Å². The maximum absolute atomic E-state index is 12.3. The number of nitrogens with one attached hydrogen (secondary N) is 4. The van der Waals surface area contributed by atoms with E-state index in [1.807, 2.05) is 6.07 Å². The summed E-state index contributed by atoms with van der Waals surface area (Å²) in [5.41, 5.74) is 1.02. The molecule has 0 spiro atoms. The first-order chi connectivity index (χ1) is 13.2. The molecule has 0 heterocycles. The third-order valence-corrected chi connectivity index (χ3v) is 4.47. The van der Waals surface area contributed by atoms with Crippen LogP contribution in [0.3, 0.4) is 0 Å². The predicted molar refractivity (Wildman–Crippen MR) is 111 cm³/mol. The van der Waals surface area contributed by atoms with Gasteiger partial charge in [0.15, 0.2) is 0 Å². The third-order valence-electron chi connectivity index (χ3n) is 3.73. The van der Waals surface area contributed by atoms with E-state index >= 15 is 0 Å². The maximum Gasteiger partial charge on any atom is 0.327 e. The summed E-state index contributed by atoms with van der Waals surface area (Å²) in [6, 6.07) is 4.66. The molecule has 152 valence electrons. The molecular formula is C19H24Cl2N4O3. The van der Waals surface area contributed by atoms with Crippen LogP contribution in [-0.2, 0) is 20.9 Å². The zero-order chi connectivity index (χ0) is 21.3. The van der Waals surface area contributed by atoms with Crippen molar-refractivity contribution in [1.82, 2.24) is 16.0 Å². The Labute approximate surface area is 174 Å². The molecule has 4 N–H and O–H groups in total. The minimum atomic E-state index is -0.588. The fourth-order valence-electron chi connectivity index (χ4n) is 2.00. The topological polar surface area (TPSA) is 103 Å². The van der Waals surface area contributed by atoms with Crippen LogP contribution in [0, 0.1) is 5.41 Å². The Balaban J connectivity index is 2.63. The third kappa shape index (κ3) is 7.25. The molecule has 0 aromatic heterocycles. The van der Waals surface area contributed by atoms with Crippen LogP contribution in [0.4, 0.5) is 0 Å². The maximum atomic E-state index is 12.3. The molecule has 0 fully saturated rings. The molecule has 1 unspecified atom stereocenters. The van der Waals surface area contributed by atoms with Crippen molar-refractivity contribution >= 4 is 40.8 Å². The molecule has 1 aromatic carbocycles. The van der Waals surface area contributed by atoms with Gasteiger partial charge in [0.1, 0.15) is 17.6 Å². The Hall–Kier alpha value is -2.51. The quantitative estimate of drug-likeness (QED) is 0.358. The van der Waals surface area contributed by atoms with Crippen LogP contribution in [-0.4, -0.2) is 30.7 Å². The Morgan fingerprint density at radius 2 is 1.96 bits per heavy atom. The standard InChI is InChI=1S/C19H24Cl2N4O3/c1-5-16(24-10-13-6-7-14(20)15(21)8-13)25-18(26)17(22)11(2)9-23-12(3)19(27)28-4/h5-9,12,22-24H,10H2,1-4H3,(H,25,26)/b11-9-,16-5?,22-17?. The van der Waals surface area contributed by atoms with E-state index in [-0.39, 0.29) is 5.71 Å². The summed E-state index contributed by atoms with van der Waals surface area (Å²) in [5, 5.41) is 17.4. The highest BCUT2D eigenvalue weighted by Gasteiger charge is 2.15. The van der Waals surface area contributed by atoms with Gasteiger partial charge in [0.25, 0.3) is 5.91 Å². The van der Waals surface area contributed by atoms with Crippen molar-refractivity contribution in [2.24, 2.45) is 0 Å². The predicted octanol–water partition coefficient (Wildman–Crippen LogP) is 3.14. The molecule has 1 rings (SSSR count). The van der Waals surface area contributed by atoms with Crippen molar-refractivity contribution in [1.29, 1.82) is 5.41 Å². The summed E-state index contributed by atoms with van der Waals surface area (Å²) in [7, 11) is 1.29. The summed E-state index contributed by atoms with van der Waals surface area (Å²) >= 11 is 11.9. The number of hydrogen-bond acceptors (Lipinski definition) is 6. The van der Waals surface area contributed by atoms with E-state index in [9.17, 15) is 9.59 Å². The van der Waals surface area contributed by atoms with Gasteiger partial charge < -0.3 is 20.7 Å². The normalized spacial score (nSPS) is 12.8. The molecule has 28 heavy (non-hydrogen) atoms. The van der Waals surface area contributed by atoms with E-state index in [0.717, 1.165) is 5.56 Å². The highest BCUT2D eigenvalue weighted by molar-refractivity contribution is 6.44. The number of esters is 1. The molecule has 1 atom stereocenters. The molecular weight excluding hydrogens is 403 g/mol.